The highest BCUT2D eigenvalue weighted by atomic mass is 15.2. The molecule has 2 aliphatic carbocycles. The number of nitrogens with zero attached hydrogens (tertiary/aromatic N) is 1. The van der Waals surface area contributed by atoms with Crippen molar-refractivity contribution >= 4 is 0 Å². The van der Waals surface area contributed by atoms with E-state index >= 15 is 0 Å². The molecule has 0 aromatic carbocycles. The van der Waals surface area contributed by atoms with Crippen molar-refractivity contribution in [2.75, 3.05) is 13.1 Å². The lowest BCUT2D eigenvalue weighted by atomic mass is 9.69. The van der Waals surface area contributed by atoms with Crippen LogP contribution in [0.25, 0.3) is 0 Å². The van der Waals surface area contributed by atoms with Gasteiger partial charge in [-0.2, -0.15) is 5.26 Å². The van der Waals surface area contributed by atoms with Gasteiger partial charge in [0.2, 0.25) is 0 Å². The zero-order valence-corrected chi connectivity index (χ0v) is 17.7. The highest BCUT2D eigenvalue weighted by molar-refractivity contribution is 4.91. The molecule has 3 fully saturated rings. The summed E-state index contributed by atoms with van der Waals surface area (Å²) < 4.78 is 0. The Kier molecular flexibility index (Phi) is 8.94. The summed E-state index contributed by atoms with van der Waals surface area (Å²) in [5.41, 5.74) is 0. The van der Waals surface area contributed by atoms with Crippen LogP contribution < -0.4 is 10.6 Å². The lowest BCUT2D eigenvalue weighted by Gasteiger charge is -2.41. The molecule has 3 heteroatoms. The van der Waals surface area contributed by atoms with Crippen molar-refractivity contribution < 1.29 is 0 Å². The fraction of sp³-hybridized carbons (Fsp3) is 0.958. The van der Waals surface area contributed by atoms with Crippen LogP contribution in [0.15, 0.2) is 0 Å². The third kappa shape index (κ3) is 6.47. The van der Waals surface area contributed by atoms with Crippen LogP contribution in [0.5, 0.6) is 0 Å². The molecule has 1 heterocycles. The van der Waals surface area contributed by atoms with Gasteiger partial charge in [0.25, 0.3) is 0 Å². The largest absolute Gasteiger partial charge is 0.301 e. The topological polar surface area (TPSA) is 47.9 Å². The zero-order chi connectivity index (χ0) is 18.9. The molecule has 0 radical (unpaired) electrons. The highest BCUT2D eigenvalue weighted by Crippen LogP contribution is 2.41. The van der Waals surface area contributed by atoms with Crippen molar-refractivity contribution in [1.29, 1.82) is 5.26 Å². The molecule has 27 heavy (non-hydrogen) atoms. The third-order valence-electron chi connectivity index (χ3n) is 7.88. The lowest BCUT2D eigenvalue weighted by Crippen LogP contribution is -2.56. The number of hydrogen-bond acceptors (Lipinski definition) is 3. The van der Waals surface area contributed by atoms with Crippen molar-refractivity contribution in [3.63, 3.8) is 0 Å². The molecule has 2 saturated carbocycles. The van der Waals surface area contributed by atoms with E-state index in [2.05, 4.69) is 23.6 Å². The van der Waals surface area contributed by atoms with Gasteiger partial charge in [-0.05, 0) is 81.5 Å². The van der Waals surface area contributed by atoms with E-state index in [1.54, 1.807) is 0 Å². The minimum absolute atomic E-state index is 0.354. The Bertz CT molecular complexity index is 433. The van der Waals surface area contributed by atoms with E-state index in [1.165, 1.54) is 90.1 Å². The van der Waals surface area contributed by atoms with Crippen molar-refractivity contribution in [3.8, 4) is 6.07 Å². The van der Waals surface area contributed by atoms with Gasteiger partial charge < -0.3 is 10.6 Å². The number of hydrogen-bond donors (Lipinski definition) is 2. The maximum Gasteiger partial charge on any atom is 0.0655 e. The summed E-state index contributed by atoms with van der Waals surface area (Å²) >= 11 is 0. The maximum atomic E-state index is 9.10. The molecule has 0 spiro atoms. The first-order valence-corrected chi connectivity index (χ1v) is 12.2. The number of nitrogens with one attached hydrogen (secondary N) is 2. The van der Waals surface area contributed by atoms with Gasteiger partial charge in [0, 0.05) is 19.0 Å². The smallest absolute Gasteiger partial charge is 0.0655 e. The minimum atomic E-state index is 0.354. The molecule has 1 saturated heterocycles. The zero-order valence-electron chi connectivity index (χ0n) is 17.7. The van der Waals surface area contributed by atoms with E-state index < -0.39 is 0 Å². The Morgan fingerprint density at radius 3 is 1.89 bits per heavy atom. The van der Waals surface area contributed by atoms with Crippen LogP contribution in [-0.2, 0) is 0 Å². The molecule has 1 aliphatic heterocycles. The van der Waals surface area contributed by atoms with Crippen LogP contribution in [-0.4, -0.2) is 19.3 Å². The second kappa shape index (κ2) is 11.4. The molecule has 0 bridgehead atoms. The first-order chi connectivity index (χ1) is 13.3. The Hall–Kier alpha value is -0.590. The van der Waals surface area contributed by atoms with Crippen molar-refractivity contribution in [1.82, 2.24) is 10.6 Å². The van der Waals surface area contributed by atoms with E-state index in [9.17, 15) is 0 Å². The maximum absolute atomic E-state index is 9.10. The monoisotopic (exact) mass is 373 g/mol. The molecule has 0 atom stereocenters. The third-order valence-corrected chi connectivity index (χ3v) is 7.88. The van der Waals surface area contributed by atoms with Gasteiger partial charge >= 0.3 is 0 Å². The van der Waals surface area contributed by atoms with Crippen LogP contribution in [0.4, 0.5) is 0 Å². The highest BCUT2D eigenvalue weighted by Gasteiger charge is 2.34. The summed E-state index contributed by atoms with van der Waals surface area (Å²) in [5.74, 6) is 3.89. The fourth-order valence-corrected chi connectivity index (χ4v) is 5.98. The summed E-state index contributed by atoms with van der Waals surface area (Å²) in [5, 5.41) is 16.8. The van der Waals surface area contributed by atoms with E-state index in [-0.39, 0.29) is 0 Å². The predicted octanol–water partition coefficient (Wildman–Crippen LogP) is 5.62. The van der Waals surface area contributed by atoms with E-state index in [0.717, 1.165) is 36.5 Å². The SMILES string of the molecule is CCCCCCCC1CNC(C2CCC(C3CCC(C#N)CC3)CC2)NC1. The van der Waals surface area contributed by atoms with Gasteiger partial charge in [0.15, 0.2) is 0 Å². The number of nitriles is 1. The van der Waals surface area contributed by atoms with E-state index in [0.29, 0.717) is 12.1 Å². The van der Waals surface area contributed by atoms with Crippen LogP contribution in [0.1, 0.15) is 96.8 Å². The molecular formula is C24H43N3. The Labute approximate surface area is 168 Å². The van der Waals surface area contributed by atoms with Crippen LogP contribution in [0, 0.1) is 40.9 Å². The number of unbranched alkanes of at least 4 members (excludes halogenated alkanes) is 4. The van der Waals surface area contributed by atoms with Gasteiger partial charge in [0.05, 0.1) is 12.2 Å². The minimum Gasteiger partial charge on any atom is -0.301 e. The van der Waals surface area contributed by atoms with Gasteiger partial charge in [-0.25, -0.2) is 0 Å². The van der Waals surface area contributed by atoms with Gasteiger partial charge in [-0.1, -0.05) is 39.0 Å². The van der Waals surface area contributed by atoms with Gasteiger partial charge in [0.1, 0.15) is 0 Å². The van der Waals surface area contributed by atoms with E-state index in [1.807, 2.05) is 0 Å². The molecular weight excluding hydrogens is 330 g/mol. The first-order valence-electron chi connectivity index (χ1n) is 12.2. The second-order valence-electron chi connectivity index (χ2n) is 9.78. The molecule has 3 nitrogen and oxygen atoms in total. The van der Waals surface area contributed by atoms with Gasteiger partial charge in [-0.3, -0.25) is 0 Å². The van der Waals surface area contributed by atoms with Crippen LogP contribution >= 0.6 is 0 Å². The summed E-state index contributed by atoms with van der Waals surface area (Å²) in [4.78, 5) is 0. The normalized spacial score (nSPS) is 37.6. The second-order valence-corrected chi connectivity index (χ2v) is 9.78. The average molecular weight is 374 g/mol. The molecule has 0 aromatic heterocycles. The van der Waals surface area contributed by atoms with Crippen LogP contribution in [0.3, 0.4) is 0 Å². The van der Waals surface area contributed by atoms with Gasteiger partial charge in [-0.15, -0.1) is 0 Å². The first kappa shape index (κ1) is 21.1. The quantitative estimate of drug-likeness (QED) is 0.543. The molecule has 0 amide bonds. The van der Waals surface area contributed by atoms with Crippen molar-refractivity contribution in [3.05, 3.63) is 0 Å². The van der Waals surface area contributed by atoms with Crippen LogP contribution in [0.2, 0.25) is 0 Å². The molecule has 3 aliphatic rings. The summed E-state index contributed by atoms with van der Waals surface area (Å²) in [7, 11) is 0. The van der Waals surface area contributed by atoms with E-state index in [4.69, 9.17) is 5.26 Å². The lowest BCUT2D eigenvalue weighted by molar-refractivity contribution is 0.119. The summed E-state index contributed by atoms with van der Waals surface area (Å²) in [6, 6.07) is 2.49. The fourth-order valence-electron chi connectivity index (χ4n) is 5.98. The summed E-state index contributed by atoms with van der Waals surface area (Å²) in [6.45, 7) is 4.74. The molecule has 2 N–H and O–H groups in total. The van der Waals surface area contributed by atoms with Crippen molar-refractivity contribution in [2.24, 2.45) is 29.6 Å². The Morgan fingerprint density at radius 1 is 0.741 bits per heavy atom. The Balaban J connectivity index is 1.29. The predicted molar refractivity (Wildman–Crippen MR) is 113 cm³/mol. The average Bonchev–Trinajstić information content (AvgIpc) is 2.74. The molecule has 3 rings (SSSR count). The molecule has 0 unspecified atom stereocenters. The molecule has 154 valence electrons. The summed E-state index contributed by atoms with van der Waals surface area (Å²) in [6.07, 6.45) is 19.6. The Morgan fingerprint density at radius 2 is 1.30 bits per heavy atom. The standard InChI is InChI=1S/C24H43N3/c1-2-3-4-5-6-7-20-17-26-24(27-18-20)23-14-12-22(13-15-23)21-10-8-19(16-25)9-11-21/h19-24,26-27H,2-15,17-18H2,1H3. The van der Waals surface area contributed by atoms with Crippen molar-refractivity contribution in [2.45, 2.75) is 103 Å². The number of rotatable bonds is 8. The molecule has 0 aromatic rings.